The largest absolute Gasteiger partial charge is 0.481 e. The highest BCUT2D eigenvalue weighted by Gasteiger charge is 2.65. The van der Waals surface area contributed by atoms with Crippen molar-refractivity contribution in [2.75, 3.05) is 0 Å². The zero-order valence-corrected chi connectivity index (χ0v) is 10.8. The number of carbonyl (C=O) groups is 2. The number of carbonyl (C=O) groups excluding carboxylic acids is 1. The molecule has 0 radical (unpaired) electrons. The summed E-state index contributed by atoms with van der Waals surface area (Å²) in [7, 11) is 0. The summed E-state index contributed by atoms with van der Waals surface area (Å²) in [5.41, 5.74) is -0.440. The Morgan fingerprint density at radius 1 is 1.11 bits per heavy atom. The number of carboxylic acids is 1. The van der Waals surface area contributed by atoms with E-state index in [0.29, 0.717) is 12.8 Å². The van der Waals surface area contributed by atoms with Crippen LogP contribution in [-0.4, -0.2) is 34.2 Å². The van der Waals surface area contributed by atoms with Crippen LogP contribution in [0.2, 0.25) is 0 Å². The lowest BCUT2D eigenvalue weighted by atomic mass is 9.93. The van der Waals surface area contributed by atoms with Gasteiger partial charge in [0.25, 0.3) is 0 Å². The lowest BCUT2D eigenvalue weighted by Crippen LogP contribution is -2.40. The van der Waals surface area contributed by atoms with Crippen LogP contribution in [0, 0.1) is 17.3 Å². The molecular formula is C13H21NO4. The molecule has 0 saturated heterocycles. The normalized spacial score (nSPS) is 37.9. The maximum atomic E-state index is 12.0. The third kappa shape index (κ3) is 2.36. The number of aliphatic hydroxyl groups is 1. The third-order valence-electron chi connectivity index (χ3n) is 4.42. The average molecular weight is 255 g/mol. The molecule has 2 aliphatic carbocycles. The first-order valence-electron chi connectivity index (χ1n) is 6.55. The molecule has 0 bridgehead atoms. The van der Waals surface area contributed by atoms with E-state index in [-0.39, 0.29) is 18.1 Å². The first-order chi connectivity index (χ1) is 8.34. The number of aliphatic carboxylic acids is 1. The number of hydrogen-bond donors (Lipinski definition) is 3. The summed E-state index contributed by atoms with van der Waals surface area (Å²) in [6, 6.07) is 0.0896. The van der Waals surface area contributed by atoms with E-state index in [2.05, 4.69) is 5.32 Å². The molecule has 0 heterocycles. The van der Waals surface area contributed by atoms with Crippen molar-refractivity contribution in [1.82, 2.24) is 5.32 Å². The number of hydrogen-bond acceptors (Lipinski definition) is 3. The molecule has 2 saturated carbocycles. The number of rotatable bonds is 3. The Morgan fingerprint density at radius 2 is 1.67 bits per heavy atom. The molecule has 5 heteroatoms. The number of nitrogens with one attached hydrogen (secondary N) is 1. The lowest BCUT2D eigenvalue weighted by Gasteiger charge is -2.26. The Morgan fingerprint density at radius 3 is 2.11 bits per heavy atom. The van der Waals surface area contributed by atoms with E-state index in [1.807, 2.05) is 13.8 Å². The van der Waals surface area contributed by atoms with Crippen LogP contribution in [0.25, 0.3) is 0 Å². The fourth-order valence-corrected chi connectivity index (χ4v) is 3.10. The standard InChI is InChI=1S/C13H21NO4/c1-13(2)9(10(13)12(17)18)11(16)14-7-3-5-8(15)6-4-7/h7-10,15H,3-6H2,1-2H3,(H,14,16)(H,17,18)/t7?,8?,9-,10+/m1/s1. The van der Waals surface area contributed by atoms with Gasteiger partial charge in [-0.1, -0.05) is 13.8 Å². The second-order valence-electron chi connectivity index (χ2n) is 6.13. The van der Waals surface area contributed by atoms with Gasteiger partial charge in [0.05, 0.1) is 17.9 Å². The SMILES string of the molecule is CC1(C)[C@H](C(=O)O)[C@@H]1C(=O)NC1CCC(O)CC1. The van der Waals surface area contributed by atoms with Crippen LogP contribution >= 0.6 is 0 Å². The Balaban J connectivity index is 1.88. The second kappa shape index (κ2) is 4.53. The van der Waals surface area contributed by atoms with Crippen LogP contribution < -0.4 is 5.32 Å². The highest BCUT2D eigenvalue weighted by atomic mass is 16.4. The van der Waals surface area contributed by atoms with Crippen molar-refractivity contribution in [1.29, 1.82) is 0 Å². The second-order valence-corrected chi connectivity index (χ2v) is 6.13. The van der Waals surface area contributed by atoms with Crippen LogP contribution in [0.1, 0.15) is 39.5 Å². The van der Waals surface area contributed by atoms with Gasteiger partial charge in [0.1, 0.15) is 0 Å². The summed E-state index contributed by atoms with van der Waals surface area (Å²) in [6.07, 6.45) is 2.72. The molecule has 0 aromatic heterocycles. The quantitative estimate of drug-likeness (QED) is 0.695. The number of carboxylic acid groups (broad SMARTS) is 1. The molecule has 2 fully saturated rings. The molecule has 0 unspecified atom stereocenters. The zero-order valence-electron chi connectivity index (χ0n) is 10.8. The van der Waals surface area contributed by atoms with Crippen molar-refractivity contribution in [2.45, 2.75) is 51.7 Å². The van der Waals surface area contributed by atoms with Gasteiger partial charge in [0.2, 0.25) is 5.91 Å². The van der Waals surface area contributed by atoms with Gasteiger partial charge in [-0.25, -0.2) is 0 Å². The van der Waals surface area contributed by atoms with Crippen LogP contribution in [0.5, 0.6) is 0 Å². The van der Waals surface area contributed by atoms with Crippen LogP contribution in [-0.2, 0) is 9.59 Å². The van der Waals surface area contributed by atoms with Crippen LogP contribution in [0.15, 0.2) is 0 Å². The molecule has 0 spiro atoms. The Kier molecular flexibility index (Phi) is 3.36. The lowest BCUT2D eigenvalue weighted by molar-refractivity contribution is -0.140. The van der Waals surface area contributed by atoms with E-state index in [1.54, 1.807) is 0 Å². The highest BCUT2D eigenvalue weighted by molar-refractivity contribution is 5.91. The molecule has 0 aromatic rings. The van der Waals surface area contributed by atoms with Crippen LogP contribution in [0.4, 0.5) is 0 Å². The Bertz CT molecular complexity index is 358. The van der Waals surface area contributed by atoms with Crippen molar-refractivity contribution < 1.29 is 19.8 Å². The molecular weight excluding hydrogens is 234 g/mol. The summed E-state index contributed by atoms with van der Waals surface area (Å²) in [5, 5.41) is 21.4. The summed E-state index contributed by atoms with van der Waals surface area (Å²) in [6.45, 7) is 3.64. The summed E-state index contributed by atoms with van der Waals surface area (Å²) in [5.74, 6) is -2.01. The monoisotopic (exact) mass is 255 g/mol. The molecule has 0 aromatic carbocycles. The molecule has 2 aliphatic rings. The summed E-state index contributed by atoms with van der Waals surface area (Å²) in [4.78, 5) is 23.1. The summed E-state index contributed by atoms with van der Waals surface area (Å²) >= 11 is 0. The molecule has 2 atom stereocenters. The van der Waals surface area contributed by atoms with Gasteiger partial charge in [-0.2, -0.15) is 0 Å². The van der Waals surface area contributed by atoms with Gasteiger partial charge in [-0.3, -0.25) is 9.59 Å². The first-order valence-corrected chi connectivity index (χ1v) is 6.55. The van der Waals surface area contributed by atoms with Gasteiger partial charge >= 0.3 is 5.97 Å². The maximum absolute atomic E-state index is 12.0. The zero-order chi connectivity index (χ0) is 13.5. The van der Waals surface area contributed by atoms with Gasteiger partial charge in [0.15, 0.2) is 0 Å². The molecule has 18 heavy (non-hydrogen) atoms. The van der Waals surface area contributed by atoms with Gasteiger partial charge in [0, 0.05) is 6.04 Å². The molecule has 2 rings (SSSR count). The average Bonchev–Trinajstić information content (AvgIpc) is 2.85. The molecule has 1 amide bonds. The van der Waals surface area contributed by atoms with E-state index in [1.165, 1.54) is 0 Å². The van der Waals surface area contributed by atoms with Crippen LogP contribution in [0.3, 0.4) is 0 Å². The predicted molar refractivity (Wildman–Crippen MR) is 64.8 cm³/mol. The topological polar surface area (TPSA) is 86.6 Å². The molecule has 102 valence electrons. The fraction of sp³-hybridized carbons (Fsp3) is 0.846. The third-order valence-corrected chi connectivity index (χ3v) is 4.42. The van der Waals surface area contributed by atoms with E-state index < -0.39 is 23.2 Å². The first kappa shape index (κ1) is 13.3. The van der Waals surface area contributed by atoms with E-state index >= 15 is 0 Å². The van der Waals surface area contributed by atoms with E-state index in [9.17, 15) is 14.7 Å². The van der Waals surface area contributed by atoms with Gasteiger partial charge < -0.3 is 15.5 Å². The smallest absolute Gasteiger partial charge is 0.307 e. The predicted octanol–water partition coefficient (Wildman–Crippen LogP) is 0.763. The van der Waals surface area contributed by atoms with Gasteiger partial charge in [-0.05, 0) is 31.1 Å². The van der Waals surface area contributed by atoms with Crippen molar-refractivity contribution >= 4 is 11.9 Å². The summed E-state index contributed by atoms with van der Waals surface area (Å²) < 4.78 is 0. The van der Waals surface area contributed by atoms with Crippen molar-refractivity contribution in [3.05, 3.63) is 0 Å². The van der Waals surface area contributed by atoms with Gasteiger partial charge in [-0.15, -0.1) is 0 Å². The maximum Gasteiger partial charge on any atom is 0.307 e. The minimum atomic E-state index is -0.890. The van der Waals surface area contributed by atoms with E-state index in [0.717, 1.165) is 12.8 Å². The fourth-order valence-electron chi connectivity index (χ4n) is 3.10. The number of amides is 1. The highest BCUT2D eigenvalue weighted by Crippen LogP contribution is 2.58. The Hall–Kier alpha value is -1.10. The minimum Gasteiger partial charge on any atom is -0.481 e. The minimum absolute atomic E-state index is 0.0896. The van der Waals surface area contributed by atoms with Crippen molar-refractivity contribution in [3.63, 3.8) is 0 Å². The Labute approximate surface area is 107 Å². The molecule has 5 nitrogen and oxygen atoms in total. The van der Waals surface area contributed by atoms with Crippen molar-refractivity contribution in [3.8, 4) is 0 Å². The van der Waals surface area contributed by atoms with E-state index in [4.69, 9.17) is 5.11 Å². The molecule has 3 N–H and O–H groups in total. The number of aliphatic hydroxyl groups excluding tert-OH is 1. The molecule has 0 aliphatic heterocycles. The van der Waals surface area contributed by atoms with Crippen molar-refractivity contribution in [2.24, 2.45) is 17.3 Å².